The number of amides is 2. The maximum atomic E-state index is 11.6. The van der Waals surface area contributed by atoms with Gasteiger partial charge in [0.1, 0.15) is 0 Å². The summed E-state index contributed by atoms with van der Waals surface area (Å²) in [5, 5.41) is 8.47. The Morgan fingerprint density at radius 2 is 2.00 bits per heavy atom. The van der Waals surface area contributed by atoms with Gasteiger partial charge in [-0.3, -0.25) is 0 Å². The molecule has 0 aliphatic heterocycles. The summed E-state index contributed by atoms with van der Waals surface area (Å²) in [4.78, 5) is 14.9. The molecule has 0 radical (unpaired) electrons. The van der Waals surface area contributed by atoms with Crippen LogP contribution in [0.2, 0.25) is 0 Å². The summed E-state index contributed by atoms with van der Waals surface area (Å²) in [7, 11) is 3.45. The Kier molecular flexibility index (Phi) is 5.70. The van der Waals surface area contributed by atoms with Gasteiger partial charge in [0.25, 0.3) is 0 Å². The number of hydrogen-bond acceptors (Lipinski definition) is 2. The molecule has 0 aliphatic rings. The molecule has 0 aliphatic carbocycles. The predicted molar refractivity (Wildman–Crippen MR) is 55.7 cm³/mol. The second kappa shape index (κ2) is 6.25. The number of carbonyl (C=O) groups excluding carboxylic acids is 1. The van der Waals surface area contributed by atoms with Gasteiger partial charge in [0.05, 0.1) is 12.5 Å². The molecular weight excluding hydrogens is 178 g/mol. The first-order valence-corrected chi connectivity index (χ1v) is 4.82. The first kappa shape index (κ1) is 12.8. The van der Waals surface area contributed by atoms with Crippen molar-refractivity contribution in [3.63, 3.8) is 0 Å². The summed E-state index contributed by atoms with van der Waals surface area (Å²) in [5.41, 5.74) is 0. The second-order valence-corrected chi connectivity index (χ2v) is 3.92. The third kappa shape index (κ3) is 4.70. The van der Waals surface area contributed by atoms with Gasteiger partial charge in [0, 0.05) is 27.2 Å². The smallest absolute Gasteiger partial charge is 0.319 e. The number of nitrogens with zero attached hydrogens (tertiary/aromatic N) is 3. The lowest BCUT2D eigenvalue weighted by Gasteiger charge is -2.26. The Hall–Kier alpha value is -1.24. The summed E-state index contributed by atoms with van der Waals surface area (Å²) in [5.74, 6) is 0.428. The highest BCUT2D eigenvalue weighted by Gasteiger charge is 2.15. The van der Waals surface area contributed by atoms with Gasteiger partial charge in [0.2, 0.25) is 0 Å². The minimum Gasteiger partial charge on any atom is -0.331 e. The van der Waals surface area contributed by atoms with Gasteiger partial charge in [-0.15, -0.1) is 0 Å². The Morgan fingerprint density at radius 1 is 1.43 bits per heavy atom. The number of nitriles is 1. The van der Waals surface area contributed by atoms with Crippen LogP contribution in [0.1, 0.15) is 20.3 Å². The van der Waals surface area contributed by atoms with Gasteiger partial charge in [-0.2, -0.15) is 5.26 Å². The summed E-state index contributed by atoms with van der Waals surface area (Å²) in [6, 6.07) is 2.03. The van der Waals surface area contributed by atoms with E-state index in [1.807, 2.05) is 0 Å². The van der Waals surface area contributed by atoms with Gasteiger partial charge in [-0.25, -0.2) is 4.79 Å². The Bertz CT molecular complexity index is 218. The highest BCUT2D eigenvalue weighted by molar-refractivity contribution is 5.73. The molecule has 0 unspecified atom stereocenters. The van der Waals surface area contributed by atoms with Crippen LogP contribution >= 0.6 is 0 Å². The van der Waals surface area contributed by atoms with E-state index in [1.54, 1.807) is 23.9 Å². The van der Waals surface area contributed by atoms with Crippen LogP contribution in [-0.2, 0) is 0 Å². The van der Waals surface area contributed by atoms with Crippen molar-refractivity contribution in [3.8, 4) is 6.07 Å². The third-order valence-corrected chi connectivity index (χ3v) is 1.73. The van der Waals surface area contributed by atoms with Crippen molar-refractivity contribution in [1.29, 1.82) is 5.26 Å². The van der Waals surface area contributed by atoms with Crippen LogP contribution in [0.3, 0.4) is 0 Å². The summed E-state index contributed by atoms with van der Waals surface area (Å²) in [6.07, 6.45) is 0.395. The van der Waals surface area contributed by atoms with Gasteiger partial charge in [-0.05, 0) is 5.92 Å². The minimum atomic E-state index is -0.0195. The van der Waals surface area contributed by atoms with Crippen molar-refractivity contribution in [2.45, 2.75) is 20.3 Å². The minimum absolute atomic E-state index is 0.0195. The summed E-state index contributed by atoms with van der Waals surface area (Å²) < 4.78 is 0. The zero-order chi connectivity index (χ0) is 11.1. The van der Waals surface area contributed by atoms with E-state index in [-0.39, 0.29) is 6.03 Å². The number of rotatable bonds is 4. The third-order valence-electron chi connectivity index (χ3n) is 1.73. The molecule has 14 heavy (non-hydrogen) atoms. The van der Waals surface area contributed by atoms with Crippen molar-refractivity contribution < 1.29 is 4.79 Å². The molecule has 0 spiro atoms. The van der Waals surface area contributed by atoms with E-state index in [1.165, 1.54) is 0 Å². The van der Waals surface area contributed by atoms with E-state index < -0.39 is 0 Å². The molecule has 0 aromatic carbocycles. The van der Waals surface area contributed by atoms with Gasteiger partial charge >= 0.3 is 6.03 Å². The van der Waals surface area contributed by atoms with Crippen LogP contribution in [0.5, 0.6) is 0 Å². The monoisotopic (exact) mass is 197 g/mol. The Morgan fingerprint density at radius 3 is 2.36 bits per heavy atom. The molecule has 4 nitrogen and oxygen atoms in total. The molecule has 0 atom stereocenters. The molecule has 4 heteroatoms. The van der Waals surface area contributed by atoms with Crippen LogP contribution < -0.4 is 0 Å². The molecule has 2 amide bonds. The fourth-order valence-electron chi connectivity index (χ4n) is 1.17. The molecule has 0 fully saturated rings. The molecule has 0 aromatic heterocycles. The Balaban J connectivity index is 4.24. The van der Waals surface area contributed by atoms with Crippen LogP contribution in [0.15, 0.2) is 0 Å². The van der Waals surface area contributed by atoms with E-state index >= 15 is 0 Å². The van der Waals surface area contributed by atoms with Gasteiger partial charge in [-0.1, -0.05) is 13.8 Å². The zero-order valence-electron chi connectivity index (χ0n) is 9.45. The topological polar surface area (TPSA) is 47.3 Å². The lowest BCUT2D eigenvalue weighted by molar-refractivity contribution is 0.166. The van der Waals surface area contributed by atoms with Gasteiger partial charge < -0.3 is 9.80 Å². The van der Waals surface area contributed by atoms with Gasteiger partial charge in [0.15, 0.2) is 0 Å². The highest BCUT2D eigenvalue weighted by Crippen LogP contribution is 2.02. The lowest BCUT2D eigenvalue weighted by atomic mass is 10.2. The molecule has 80 valence electrons. The second-order valence-electron chi connectivity index (χ2n) is 3.92. The van der Waals surface area contributed by atoms with Crippen molar-refractivity contribution >= 4 is 6.03 Å². The fourth-order valence-corrected chi connectivity index (χ4v) is 1.17. The van der Waals surface area contributed by atoms with Crippen LogP contribution in [0.25, 0.3) is 0 Å². The van der Waals surface area contributed by atoms with E-state index in [2.05, 4.69) is 19.9 Å². The number of hydrogen-bond donors (Lipinski definition) is 0. The quantitative estimate of drug-likeness (QED) is 0.686. The van der Waals surface area contributed by atoms with Crippen LogP contribution in [0, 0.1) is 17.2 Å². The van der Waals surface area contributed by atoms with E-state index in [0.717, 1.165) is 0 Å². The average molecular weight is 197 g/mol. The molecular formula is C10H19N3O. The SMILES string of the molecule is CC(C)CN(CCC#N)C(=O)N(C)C. The van der Waals surface area contributed by atoms with Crippen LogP contribution in [0.4, 0.5) is 4.79 Å². The maximum absolute atomic E-state index is 11.6. The zero-order valence-corrected chi connectivity index (χ0v) is 9.45. The molecule has 0 rings (SSSR count). The van der Waals surface area contributed by atoms with E-state index in [0.29, 0.717) is 25.4 Å². The number of carbonyl (C=O) groups is 1. The normalized spacial score (nSPS) is 9.71. The summed E-state index contributed by atoms with van der Waals surface area (Å²) in [6.45, 7) is 5.34. The molecule has 0 saturated heterocycles. The van der Waals surface area contributed by atoms with E-state index in [4.69, 9.17) is 5.26 Å². The lowest BCUT2D eigenvalue weighted by Crippen LogP contribution is -2.41. The molecule has 0 aromatic rings. The van der Waals surface area contributed by atoms with Crippen molar-refractivity contribution in [1.82, 2.24) is 9.80 Å². The predicted octanol–water partition coefficient (Wildman–Crippen LogP) is 1.54. The average Bonchev–Trinajstić information content (AvgIpc) is 2.10. The summed E-state index contributed by atoms with van der Waals surface area (Å²) >= 11 is 0. The van der Waals surface area contributed by atoms with Crippen molar-refractivity contribution in [2.75, 3.05) is 27.2 Å². The standard InChI is InChI=1S/C10H19N3O/c1-9(2)8-13(7-5-6-11)10(14)12(3)4/h9H,5,7-8H2,1-4H3. The first-order chi connectivity index (χ1) is 6.49. The fraction of sp³-hybridized carbons (Fsp3) is 0.800. The van der Waals surface area contributed by atoms with Crippen molar-refractivity contribution in [2.24, 2.45) is 5.92 Å². The van der Waals surface area contributed by atoms with Crippen molar-refractivity contribution in [3.05, 3.63) is 0 Å². The molecule has 0 bridgehead atoms. The van der Waals surface area contributed by atoms with E-state index in [9.17, 15) is 4.79 Å². The number of urea groups is 1. The Labute approximate surface area is 86.1 Å². The first-order valence-electron chi connectivity index (χ1n) is 4.82. The highest BCUT2D eigenvalue weighted by atomic mass is 16.2. The molecule has 0 saturated carbocycles. The van der Waals surface area contributed by atoms with Crippen LogP contribution in [-0.4, -0.2) is 43.0 Å². The largest absolute Gasteiger partial charge is 0.331 e. The maximum Gasteiger partial charge on any atom is 0.319 e. The molecule has 0 N–H and O–H groups in total. The molecule has 0 heterocycles.